The topological polar surface area (TPSA) is 121 Å². The first-order valence-electron chi connectivity index (χ1n) is 8.63. The second-order valence-corrected chi connectivity index (χ2v) is 9.67. The Labute approximate surface area is 161 Å². The van der Waals surface area contributed by atoms with E-state index in [0.29, 0.717) is 35.2 Å². The number of hydroxylamine groups is 2. The maximum Gasteiger partial charge on any atom is 0.238 e. The molecule has 2 heterocycles. The molecule has 4 rings (SSSR count). The molecule has 2 unspecified atom stereocenters. The lowest BCUT2D eigenvalue weighted by molar-refractivity contribution is -0.126. The molecule has 2 atom stereocenters. The molecule has 3 aliphatic rings. The molecule has 0 bridgehead atoms. The molecule has 0 spiro atoms. The second kappa shape index (κ2) is 6.46. The van der Waals surface area contributed by atoms with Gasteiger partial charge in [0.05, 0.1) is 16.3 Å². The molecule has 1 aromatic carbocycles. The second-order valence-electron chi connectivity index (χ2n) is 7.00. The molecule has 27 heavy (non-hydrogen) atoms. The number of carbonyl (C=O) groups is 1. The fourth-order valence-electron chi connectivity index (χ4n) is 4.03. The molecule has 7 nitrogen and oxygen atoms in total. The monoisotopic (exact) mass is 408 g/mol. The van der Waals surface area contributed by atoms with Crippen molar-refractivity contribution < 1.29 is 23.5 Å². The van der Waals surface area contributed by atoms with Gasteiger partial charge in [0.25, 0.3) is 0 Å². The number of primary sulfonamides is 1. The lowest BCUT2D eigenvalue weighted by Gasteiger charge is -2.38. The molecule has 0 radical (unpaired) electrons. The quantitative estimate of drug-likeness (QED) is 0.682. The molecule has 0 amide bonds. The molecule has 0 saturated heterocycles. The van der Waals surface area contributed by atoms with Gasteiger partial charge in [-0.2, -0.15) is 0 Å². The van der Waals surface area contributed by atoms with Crippen LogP contribution in [0.3, 0.4) is 0 Å². The normalized spacial score (nSPS) is 25.8. The maximum atomic E-state index is 12.8. The number of ketones is 1. The molecular formula is C18H20N2O5S2. The van der Waals surface area contributed by atoms with E-state index < -0.39 is 27.8 Å². The summed E-state index contributed by atoms with van der Waals surface area (Å²) in [5.41, 5.74) is 2.72. The van der Waals surface area contributed by atoms with Gasteiger partial charge in [-0.1, -0.05) is 12.1 Å². The summed E-state index contributed by atoms with van der Waals surface area (Å²) >= 11 is 1.54. The Morgan fingerprint density at radius 1 is 1.26 bits per heavy atom. The minimum Gasteiger partial charge on any atom is -0.385 e. The minimum atomic E-state index is -3.91. The Morgan fingerprint density at radius 2 is 2.00 bits per heavy atom. The van der Waals surface area contributed by atoms with Crippen LogP contribution >= 0.6 is 11.8 Å². The van der Waals surface area contributed by atoms with Crippen LogP contribution in [-0.4, -0.2) is 41.4 Å². The molecule has 0 aromatic heterocycles. The Morgan fingerprint density at radius 3 is 2.70 bits per heavy atom. The van der Waals surface area contributed by atoms with Crippen molar-refractivity contribution >= 4 is 27.6 Å². The average molecular weight is 409 g/mol. The Hall–Kier alpha value is -1.65. The summed E-state index contributed by atoms with van der Waals surface area (Å²) in [6.07, 6.45) is 0.184. The van der Waals surface area contributed by atoms with Gasteiger partial charge < -0.3 is 5.11 Å². The number of hydrogen-bond donors (Lipinski definition) is 3. The first-order valence-corrected chi connectivity index (χ1v) is 11.2. The highest BCUT2D eigenvalue weighted by molar-refractivity contribution is 8.03. The zero-order valence-electron chi connectivity index (χ0n) is 14.7. The van der Waals surface area contributed by atoms with Gasteiger partial charge in [-0.05, 0) is 37.0 Å². The third-order valence-corrected chi connectivity index (χ3v) is 7.57. The van der Waals surface area contributed by atoms with Gasteiger partial charge >= 0.3 is 0 Å². The Kier molecular flexibility index (Phi) is 4.47. The molecule has 4 N–H and O–H groups in total. The number of sulfonamides is 1. The van der Waals surface area contributed by atoms with E-state index in [1.54, 1.807) is 19.1 Å². The number of nitrogens with two attached hydrogens (primary N) is 1. The molecular weight excluding hydrogens is 388 g/mol. The van der Waals surface area contributed by atoms with Crippen molar-refractivity contribution in [3.63, 3.8) is 0 Å². The fourth-order valence-corrected chi connectivity index (χ4v) is 6.14. The number of allylic oxidation sites excluding steroid dienone is 3. The summed E-state index contributed by atoms with van der Waals surface area (Å²) < 4.78 is 23.9. The average Bonchev–Trinajstić information content (AvgIpc) is 3.08. The largest absolute Gasteiger partial charge is 0.385 e. The predicted molar refractivity (Wildman–Crippen MR) is 100 cm³/mol. The predicted octanol–water partition coefficient (Wildman–Crippen LogP) is 1.76. The van der Waals surface area contributed by atoms with Crippen molar-refractivity contribution in [1.29, 1.82) is 0 Å². The summed E-state index contributed by atoms with van der Waals surface area (Å²) in [4.78, 5) is 13.6. The molecule has 1 aromatic rings. The van der Waals surface area contributed by atoms with Gasteiger partial charge in [-0.25, -0.2) is 18.6 Å². The highest BCUT2D eigenvalue weighted by atomic mass is 32.2. The van der Waals surface area contributed by atoms with E-state index >= 15 is 0 Å². The van der Waals surface area contributed by atoms with Crippen LogP contribution in [0.1, 0.15) is 36.3 Å². The van der Waals surface area contributed by atoms with Crippen LogP contribution in [0.2, 0.25) is 0 Å². The summed E-state index contributed by atoms with van der Waals surface area (Å²) in [5.74, 6) is -0.157. The first-order chi connectivity index (χ1) is 12.7. The van der Waals surface area contributed by atoms with E-state index in [1.165, 1.54) is 17.8 Å². The van der Waals surface area contributed by atoms with Crippen LogP contribution in [-0.2, 0) is 14.8 Å². The SMILES string of the molecule is Cc1ccc(C2C3=C(CCS3)N(O)C3=C2C(=O)C(O)CC3)cc1S(N)(=O)=O. The number of thioether (sulfide) groups is 1. The van der Waals surface area contributed by atoms with E-state index in [1.807, 2.05) is 0 Å². The lowest BCUT2D eigenvalue weighted by Crippen LogP contribution is -2.38. The van der Waals surface area contributed by atoms with Crippen LogP contribution in [0.4, 0.5) is 0 Å². The van der Waals surface area contributed by atoms with Crippen molar-refractivity contribution in [3.05, 3.63) is 51.2 Å². The number of rotatable bonds is 2. The summed E-state index contributed by atoms with van der Waals surface area (Å²) in [5, 5.41) is 27.2. The summed E-state index contributed by atoms with van der Waals surface area (Å²) in [6.45, 7) is 1.66. The molecule has 144 valence electrons. The zero-order valence-corrected chi connectivity index (χ0v) is 16.3. The van der Waals surface area contributed by atoms with Gasteiger partial charge in [-0.3, -0.25) is 10.0 Å². The van der Waals surface area contributed by atoms with Gasteiger partial charge in [0.15, 0.2) is 5.78 Å². The fraction of sp³-hybridized carbons (Fsp3) is 0.389. The number of aliphatic hydroxyl groups is 1. The van der Waals surface area contributed by atoms with Crippen LogP contribution in [0, 0.1) is 6.92 Å². The number of nitrogens with zero attached hydrogens (tertiary/aromatic N) is 1. The van der Waals surface area contributed by atoms with Crippen molar-refractivity contribution in [2.24, 2.45) is 5.14 Å². The number of Topliss-reactive ketones (excluding diaryl/α,β-unsaturated/α-hetero) is 1. The van der Waals surface area contributed by atoms with Crippen molar-refractivity contribution in [3.8, 4) is 0 Å². The van der Waals surface area contributed by atoms with E-state index in [2.05, 4.69) is 0 Å². The molecule has 0 saturated carbocycles. The van der Waals surface area contributed by atoms with Gasteiger partial charge in [0, 0.05) is 28.6 Å². The van der Waals surface area contributed by atoms with Gasteiger partial charge in [0.2, 0.25) is 10.0 Å². The number of carbonyl (C=O) groups excluding carboxylic acids is 1. The standard InChI is InChI=1S/C18H20N2O5S2/c1-9-2-3-10(8-14(9)27(19,24)25)15-16-11(4-5-13(21)17(16)22)20(23)12-6-7-26-18(12)15/h2-3,8,13,15,21,23H,4-7H2,1H3,(H2,19,24,25). The maximum absolute atomic E-state index is 12.8. The van der Waals surface area contributed by atoms with Crippen molar-refractivity contribution in [2.45, 2.75) is 43.1 Å². The summed E-state index contributed by atoms with van der Waals surface area (Å²) in [6, 6.07) is 4.96. The third-order valence-electron chi connectivity index (χ3n) is 5.33. The van der Waals surface area contributed by atoms with Crippen LogP contribution in [0.5, 0.6) is 0 Å². The highest BCUT2D eigenvalue weighted by Crippen LogP contribution is 2.53. The number of aryl methyl sites for hydroxylation is 1. The highest BCUT2D eigenvalue weighted by Gasteiger charge is 2.44. The number of hydrogen-bond acceptors (Lipinski definition) is 7. The molecule has 2 aliphatic heterocycles. The van der Waals surface area contributed by atoms with Gasteiger partial charge in [-0.15, -0.1) is 11.8 Å². The minimum absolute atomic E-state index is 0.0162. The van der Waals surface area contributed by atoms with E-state index in [4.69, 9.17) is 5.14 Å². The zero-order chi connectivity index (χ0) is 19.5. The molecule has 0 fully saturated rings. The Bertz CT molecular complexity index is 1010. The molecule has 9 heteroatoms. The number of aliphatic hydroxyl groups excluding tert-OH is 1. The lowest BCUT2D eigenvalue weighted by atomic mass is 9.78. The Balaban J connectivity index is 1.94. The third kappa shape index (κ3) is 2.94. The van der Waals surface area contributed by atoms with E-state index in [-0.39, 0.29) is 11.3 Å². The van der Waals surface area contributed by atoms with Crippen molar-refractivity contribution in [2.75, 3.05) is 5.75 Å². The van der Waals surface area contributed by atoms with Crippen LogP contribution in [0.25, 0.3) is 0 Å². The molecule has 1 aliphatic carbocycles. The van der Waals surface area contributed by atoms with Crippen LogP contribution < -0.4 is 5.14 Å². The summed E-state index contributed by atoms with van der Waals surface area (Å²) in [7, 11) is -3.91. The first kappa shape index (κ1) is 18.7. The number of benzene rings is 1. The van der Waals surface area contributed by atoms with E-state index in [0.717, 1.165) is 21.4 Å². The van der Waals surface area contributed by atoms with Crippen molar-refractivity contribution in [1.82, 2.24) is 5.06 Å². The van der Waals surface area contributed by atoms with E-state index in [9.17, 15) is 23.5 Å². The smallest absolute Gasteiger partial charge is 0.238 e. The van der Waals surface area contributed by atoms with Crippen LogP contribution in [0.15, 0.2) is 45.0 Å². The van der Waals surface area contributed by atoms with Gasteiger partial charge in [0.1, 0.15) is 6.10 Å².